The highest BCUT2D eigenvalue weighted by atomic mass is 16.5. The Morgan fingerprint density at radius 3 is 2.43 bits per heavy atom. The Bertz CT molecular complexity index is 1770. The molecule has 240 valence electrons. The summed E-state index contributed by atoms with van der Waals surface area (Å²) in [5.74, 6) is 0.378. The Kier molecular flexibility index (Phi) is 9.01. The number of benzene rings is 3. The number of likely N-dealkylation sites (N-methyl/N-ethyl adjacent to an activating group) is 1. The summed E-state index contributed by atoms with van der Waals surface area (Å²) in [6.45, 7) is 1.09. The molecular formula is C37H41N3O6. The van der Waals surface area contributed by atoms with E-state index < -0.39 is 17.9 Å². The van der Waals surface area contributed by atoms with Crippen molar-refractivity contribution in [3.05, 3.63) is 82.9 Å². The number of methoxy groups -OCH3 is 1. The Morgan fingerprint density at radius 2 is 1.74 bits per heavy atom. The molecule has 0 unspecified atom stereocenters. The average Bonchev–Trinajstić information content (AvgIpc) is 3.26. The molecule has 3 aromatic carbocycles. The van der Waals surface area contributed by atoms with Crippen molar-refractivity contribution in [2.75, 3.05) is 27.8 Å². The molecule has 0 radical (unpaired) electrons. The van der Waals surface area contributed by atoms with Crippen molar-refractivity contribution in [2.24, 2.45) is 0 Å². The van der Waals surface area contributed by atoms with Gasteiger partial charge in [-0.1, -0.05) is 49.6 Å². The Balaban J connectivity index is 1.31. The van der Waals surface area contributed by atoms with E-state index in [1.807, 2.05) is 54.6 Å². The summed E-state index contributed by atoms with van der Waals surface area (Å²) in [6, 6.07) is 17.9. The van der Waals surface area contributed by atoms with Crippen LogP contribution in [0.15, 0.2) is 60.7 Å². The summed E-state index contributed by atoms with van der Waals surface area (Å²) in [7, 11) is 5.07. The van der Waals surface area contributed by atoms with E-state index in [0.29, 0.717) is 24.6 Å². The molecule has 46 heavy (non-hydrogen) atoms. The van der Waals surface area contributed by atoms with Gasteiger partial charge in [0, 0.05) is 48.6 Å². The lowest BCUT2D eigenvalue weighted by Crippen LogP contribution is -2.42. The van der Waals surface area contributed by atoms with Crippen LogP contribution in [-0.2, 0) is 29.0 Å². The number of carbonyl (C=O) groups excluding carboxylic acids is 2. The third-order valence-electron chi connectivity index (χ3n) is 9.32. The molecule has 0 bridgehead atoms. The van der Waals surface area contributed by atoms with E-state index in [1.54, 1.807) is 21.2 Å². The van der Waals surface area contributed by atoms with Crippen LogP contribution < -0.4 is 14.8 Å². The van der Waals surface area contributed by atoms with Crippen molar-refractivity contribution < 1.29 is 29.0 Å². The van der Waals surface area contributed by atoms with E-state index in [1.165, 1.54) is 29.7 Å². The average molecular weight is 624 g/mol. The number of carbonyl (C=O) groups is 3. The summed E-state index contributed by atoms with van der Waals surface area (Å²) in [6.07, 6.45) is 6.26. The standard InChI is InChI=1S/C37H41N3O6/c1-39(2)33(41)20-24-11-9-23(10-12-24)19-30(37(43)44)38-36(42)26-13-15-28-31(21-26)40-17-18-46-32-22-27(45-3)14-16-29(32)35(40)34(28)25-7-5-4-6-8-25/h9-16,21-22,25,30H,4-8,17-20H2,1-3H3,(H,38,42)(H,43,44)/t30-/m0/s1. The second-order valence-corrected chi connectivity index (χ2v) is 12.5. The van der Waals surface area contributed by atoms with Crippen LogP contribution in [-0.4, -0.2) is 66.2 Å². The predicted molar refractivity (Wildman–Crippen MR) is 177 cm³/mol. The van der Waals surface area contributed by atoms with Crippen molar-refractivity contribution in [2.45, 2.75) is 63.5 Å². The number of fused-ring (bicyclic) bond motifs is 5. The fourth-order valence-corrected chi connectivity index (χ4v) is 6.84. The summed E-state index contributed by atoms with van der Waals surface area (Å²) in [5.41, 5.74) is 6.42. The minimum atomic E-state index is -1.12. The largest absolute Gasteiger partial charge is 0.497 e. The monoisotopic (exact) mass is 623 g/mol. The number of aliphatic carboxylic acids is 1. The van der Waals surface area contributed by atoms with E-state index >= 15 is 0 Å². The predicted octanol–water partition coefficient (Wildman–Crippen LogP) is 5.81. The number of carboxylic acid groups (broad SMARTS) is 1. The SMILES string of the molecule is COc1ccc2c(c1)OCCn1c-2c(C2CCCCC2)c2ccc(C(=O)N[C@@H](Cc3ccc(CC(=O)N(C)C)cc3)C(=O)O)cc21. The molecule has 0 spiro atoms. The molecule has 0 saturated heterocycles. The highest BCUT2D eigenvalue weighted by Crippen LogP contribution is 2.47. The first-order valence-electron chi connectivity index (χ1n) is 16.0. The van der Waals surface area contributed by atoms with Crippen LogP contribution in [0.2, 0.25) is 0 Å². The van der Waals surface area contributed by atoms with Gasteiger partial charge < -0.3 is 29.4 Å². The van der Waals surface area contributed by atoms with Gasteiger partial charge in [-0.05, 0) is 59.7 Å². The zero-order valence-corrected chi connectivity index (χ0v) is 26.7. The van der Waals surface area contributed by atoms with Crippen LogP contribution >= 0.6 is 0 Å². The van der Waals surface area contributed by atoms with Gasteiger partial charge in [0.1, 0.15) is 24.1 Å². The van der Waals surface area contributed by atoms with Gasteiger partial charge in [0.2, 0.25) is 5.91 Å². The highest BCUT2D eigenvalue weighted by Gasteiger charge is 2.30. The van der Waals surface area contributed by atoms with Crippen LogP contribution in [0, 0.1) is 0 Å². The van der Waals surface area contributed by atoms with Crippen LogP contribution in [0.25, 0.3) is 22.2 Å². The van der Waals surface area contributed by atoms with Gasteiger partial charge in [0.15, 0.2) is 0 Å². The molecular weight excluding hydrogens is 582 g/mol. The van der Waals surface area contributed by atoms with E-state index in [0.717, 1.165) is 57.6 Å². The lowest BCUT2D eigenvalue weighted by atomic mass is 9.81. The minimum absolute atomic E-state index is 0.0110. The molecule has 2 amide bonds. The number of hydrogen-bond donors (Lipinski definition) is 2. The molecule has 1 aliphatic carbocycles. The highest BCUT2D eigenvalue weighted by molar-refractivity contribution is 6.02. The first-order valence-corrected chi connectivity index (χ1v) is 16.0. The van der Waals surface area contributed by atoms with E-state index in [-0.39, 0.29) is 18.7 Å². The van der Waals surface area contributed by atoms with Crippen LogP contribution in [0.5, 0.6) is 11.5 Å². The number of amides is 2. The number of nitrogens with one attached hydrogen (secondary N) is 1. The second kappa shape index (κ2) is 13.3. The maximum Gasteiger partial charge on any atom is 0.326 e. The van der Waals surface area contributed by atoms with Crippen molar-refractivity contribution in [3.8, 4) is 22.8 Å². The smallest absolute Gasteiger partial charge is 0.326 e. The van der Waals surface area contributed by atoms with Gasteiger partial charge in [-0.25, -0.2) is 4.79 Å². The van der Waals surface area contributed by atoms with E-state index in [4.69, 9.17) is 9.47 Å². The fraction of sp³-hybridized carbons (Fsp3) is 0.378. The van der Waals surface area contributed by atoms with Crippen molar-refractivity contribution >= 4 is 28.7 Å². The van der Waals surface area contributed by atoms with Gasteiger partial charge in [0.05, 0.1) is 25.8 Å². The summed E-state index contributed by atoms with van der Waals surface area (Å²) >= 11 is 0. The van der Waals surface area contributed by atoms with Crippen LogP contribution in [0.4, 0.5) is 0 Å². The molecule has 2 heterocycles. The third kappa shape index (κ3) is 6.32. The van der Waals surface area contributed by atoms with Gasteiger partial charge in [-0.15, -0.1) is 0 Å². The van der Waals surface area contributed by atoms with Crippen molar-refractivity contribution in [1.82, 2.24) is 14.8 Å². The van der Waals surface area contributed by atoms with Crippen LogP contribution in [0.3, 0.4) is 0 Å². The number of nitrogens with zero attached hydrogens (tertiary/aromatic N) is 2. The first-order chi connectivity index (χ1) is 22.2. The summed E-state index contributed by atoms with van der Waals surface area (Å²) in [5, 5.41) is 13.9. The molecule has 2 N–H and O–H groups in total. The fourth-order valence-electron chi connectivity index (χ4n) is 6.84. The Morgan fingerprint density at radius 1 is 1.00 bits per heavy atom. The summed E-state index contributed by atoms with van der Waals surface area (Å²) in [4.78, 5) is 39.4. The van der Waals surface area contributed by atoms with Crippen molar-refractivity contribution in [3.63, 3.8) is 0 Å². The van der Waals surface area contributed by atoms with Crippen LogP contribution in [0.1, 0.15) is 65.1 Å². The van der Waals surface area contributed by atoms with Crippen molar-refractivity contribution in [1.29, 1.82) is 0 Å². The van der Waals surface area contributed by atoms with Gasteiger partial charge in [-0.2, -0.15) is 0 Å². The first kappa shape index (κ1) is 31.2. The molecule has 1 aliphatic heterocycles. The Hall–Kier alpha value is -4.79. The zero-order valence-electron chi connectivity index (χ0n) is 26.7. The van der Waals surface area contributed by atoms with E-state index in [9.17, 15) is 19.5 Å². The quantitative estimate of drug-likeness (QED) is 0.244. The molecule has 1 aromatic heterocycles. The maximum absolute atomic E-state index is 13.6. The van der Waals surface area contributed by atoms with Gasteiger partial charge in [-0.3, -0.25) is 9.59 Å². The number of rotatable bonds is 9. The molecule has 6 rings (SSSR count). The molecule has 9 heteroatoms. The summed E-state index contributed by atoms with van der Waals surface area (Å²) < 4.78 is 14.0. The lowest BCUT2D eigenvalue weighted by Gasteiger charge is -2.23. The molecule has 1 fully saturated rings. The van der Waals surface area contributed by atoms with E-state index in [2.05, 4.69) is 16.0 Å². The number of ether oxygens (including phenoxy) is 2. The zero-order chi connectivity index (χ0) is 32.4. The number of aromatic nitrogens is 1. The van der Waals surface area contributed by atoms with Gasteiger partial charge in [0.25, 0.3) is 5.91 Å². The van der Waals surface area contributed by atoms with Gasteiger partial charge >= 0.3 is 5.97 Å². The lowest BCUT2D eigenvalue weighted by molar-refractivity contribution is -0.139. The minimum Gasteiger partial charge on any atom is -0.497 e. The second-order valence-electron chi connectivity index (χ2n) is 12.5. The molecule has 1 atom stereocenters. The molecule has 9 nitrogen and oxygen atoms in total. The maximum atomic E-state index is 13.6. The number of hydrogen-bond acceptors (Lipinski definition) is 5. The molecule has 2 aliphatic rings. The third-order valence-corrected chi connectivity index (χ3v) is 9.32. The number of carboxylic acids is 1. The molecule has 4 aromatic rings. The normalized spacial score (nSPS) is 15.2. The Labute approximate surface area is 269 Å². The molecule has 1 saturated carbocycles. The topological polar surface area (TPSA) is 110 Å².